The molecule has 194 valence electrons. The van der Waals surface area contributed by atoms with E-state index in [4.69, 9.17) is 4.74 Å². The van der Waals surface area contributed by atoms with Crippen molar-refractivity contribution in [2.45, 2.75) is 19.0 Å². The van der Waals surface area contributed by atoms with Crippen molar-refractivity contribution in [3.63, 3.8) is 0 Å². The lowest BCUT2D eigenvalue weighted by Gasteiger charge is -2.26. The van der Waals surface area contributed by atoms with E-state index in [-0.39, 0.29) is 11.6 Å². The molecular weight excluding hydrogens is 475 g/mol. The van der Waals surface area contributed by atoms with Crippen molar-refractivity contribution < 1.29 is 27.5 Å². The van der Waals surface area contributed by atoms with Crippen LogP contribution in [0.3, 0.4) is 0 Å². The van der Waals surface area contributed by atoms with E-state index in [1.165, 1.54) is 12.1 Å². The Hall–Kier alpha value is -3.31. The highest BCUT2D eigenvalue weighted by atomic mass is 19.4. The number of morpholine rings is 1. The second-order valence-electron chi connectivity index (χ2n) is 8.79. The fraction of sp³-hybridized carbons (Fsp3) is 0.440. The van der Waals surface area contributed by atoms with E-state index in [1.54, 1.807) is 18.2 Å². The molecule has 4 rings (SSSR count). The molecule has 8 nitrogen and oxygen atoms in total. The lowest BCUT2D eigenvalue weighted by Crippen LogP contribution is -2.41. The molecule has 0 bridgehead atoms. The van der Waals surface area contributed by atoms with Gasteiger partial charge in [0.15, 0.2) is 0 Å². The van der Waals surface area contributed by atoms with E-state index in [0.717, 1.165) is 56.8 Å². The van der Waals surface area contributed by atoms with Gasteiger partial charge in [0.05, 0.1) is 24.3 Å². The van der Waals surface area contributed by atoms with Gasteiger partial charge in [-0.2, -0.15) is 13.2 Å². The van der Waals surface area contributed by atoms with Crippen molar-refractivity contribution in [2.75, 3.05) is 68.0 Å². The topological polar surface area (TPSA) is 85.9 Å². The third kappa shape index (κ3) is 6.88. The highest BCUT2D eigenvalue weighted by molar-refractivity contribution is 6.04. The predicted octanol–water partition coefficient (Wildman–Crippen LogP) is 4.01. The zero-order valence-electron chi connectivity index (χ0n) is 19.9. The van der Waals surface area contributed by atoms with Crippen LogP contribution in [0.2, 0.25) is 0 Å². The maximum absolute atomic E-state index is 13.1. The van der Waals surface area contributed by atoms with Crippen molar-refractivity contribution in [3.8, 4) is 0 Å². The van der Waals surface area contributed by atoms with Crippen molar-refractivity contribution in [3.05, 3.63) is 53.6 Å². The average molecular weight is 506 g/mol. The van der Waals surface area contributed by atoms with E-state index in [0.29, 0.717) is 37.6 Å². The molecule has 2 aliphatic heterocycles. The zero-order valence-corrected chi connectivity index (χ0v) is 19.9. The molecule has 3 amide bonds. The van der Waals surface area contributed by atoms with Gasteiger partial charge in [0.1, 0.15) is 0 Å². The number of carbonyl (C=O) groups excluding carboxylic acids is 2. The molecule has 0 unspecified atom stereocenters. The summed E-state index contributed by atoms with van der Waals surface area (Å²) >= 11 is 0. The van der Waals surface area contributed by atoms with Crippen LogP contribution in [-0.2, 0) is 10.9 Å². The number of hydrogen-bond acceptors (Lipinski definition) is 5. The summed E-state index contributed by atoms with van der Waals surface area (Å²) in [5, 5.41) is 8.00. The van der Waals surface area contributed by atoms with E-state index in [1.807, 2.05) is 0 Å². The molecule has 0 aromatic heterocycles. The van der Waals surface area contributed by atoms with Crippen LogP contribution in [0.4, 0.5) is 35.0 Å². The Morgan fingerprint density at radius 3 is 2.31 bits per heavy atom. The van der Waals surface area contributed by atoms with Gasteiger partial charge in [-0.25, -0.2) is 4.79 Å². The van der Waals surface area contributed by atoms with Crippen molar-refractivity contribution in [1.82, 2.24) is 10.2 Å². The Bertz CT molecular complexity index is 1070. The molecule has 2 heterocycles. The number of urea groups is 1. The number of amides is 3. The van der Waals surface area contributed by atoms with Crippen molar-refractivity contribution >= 4 is 29.0 Å². The molecular formula is C25H30F3N5O3. The van der Waals surface area contributed by atoms with Gasteiger partial charge in [-0.3, -0.25) is 9.69 Å². The number of hydrogen-bond donors (Lipinski definition) is 3. The molecule has 0 saturated carbocycles. The second-order valence-corrected chi connectivity index (χ2v) is 8.79. The lowest BCUT2D eigenvalue weighted by atomic mass is 10.1. The molecule has 11 heteroatoms. The monoisotopic (exact) mass is 505 g/mol. The summed E-state index contributed by atoms with van der Waals surface area (Å²) in [4.78, 5) is 30.0. The SMILES string of the molecule is O=C(Nc1cccc(C(F)(F)F)c1)Nc1ccc(N2CCCC2)c(C(=O)NCCN2CCOCC2)c1. The molecule has 2 fully saturated rings. The van der Waals surface area contributed by atoms with Crippen LogP contribution in [-0.4, -0.2) is 69.3 Å². The Morgan fingerprint density at radius 1 is 0.917 bits per heavy atom. The largest absolute Gasteiger partial charge is 0.416 e. The molecule has 36 heavy (non-hydrogen) atoms. The molecule has 0 radical (unpaired) electrons. The van der Waals surface area contributed by atoms with Crippen molar-refractivity contribution in [2.24, 2.45) is 0 Å². The van der Waals surface area contributed by atoms with Gasteiger partial charge in [-0.1, -0.05) is 6.07 Å². The Morgan fingerprint density at radius 2 is 1.61 bits per heavy atom. The van der Waals surface area contributed by atoms with Gasteiger partial charge >= 0.3 is 12.2 Å². The van der Waals surface area contributed by atoms with E-state index < -0.39 is 17.8 Å². The minimum absolute atomic E-state index is 0.0112. The number of rotatable bonds is 7. The summed E-state index contributed by atoms with van der Waals surface area (Å²) < 4.78 is 44.2. The molecule has 2 aromatic rings. The highest BCUT2D eigenvalue weighted by Gasteiger charge is 2.30. The maximum atomic E-state index is 13.1. The Labute approximate surface area is 207 Å². The summed E-state index contributed by atoms with van der Waals surface area (Å²) in [7, 11) is 0. The van der Waals surface area contributed by atoms with Gasteiger partial charge in [-0.15, -0.1) is 0 Å². The number of alkyl halides is 3. The smallest absolute Gasteiger partial charge is 0.379 e. The van der Waals surface area contributed by atoms with Crippen LogP contribution in [0.5, 0.6) is 0 Å². The quantitative estimate of drug-likeness (QED) is 0.530. The number of benzene rings is 2. The number of nitrogens with one attached hydrogen (secondary N) is 3. The third-order valence-corrected chi connectivity index (χ3v) is 6.21. The summed E-state index contributed by atoms with van der Waals surface area (Å²) in [5.41, 5.74) is 0.750. The van der Waals surface area contributed by atoms with Crippen LogP contribution < -0.4 is 20.9 Å². The number of halogens is 3. The van der Waals surface area contributed by atoms with Gasteiger partial charge in [0.25, 0.3) is 5.91 Å². The van der Waals surface area contributed by atoms with Gasteiger partial charge in [0, 0.05) is 56.3 Å². The Balaban J connectivity index is 1.43. The van der Waals surface area contributed by atoms with E-state index in [9.17, 15) is 22.8 Å². The summed E-state index contributed by atoms with van der Waals surface area (Å²) in [6.45, 7) is 5.91. The molecule has 0 aliphatic carbocycles. The molecule has 3 N–H and O–H groups in total. The first-order valence-corrected chi connectivity index (χ1v) is 12.0. The number of carbonyl (C=O) groups is 2. The molecule has 2 aromatic carbocycles. The van der Waals surface area contributed by atoms with Gasteiger partial charge in [0.2, 0.25) is 0 Å². The average Bonchev–Trinajstić information content (AvgIpc) is 3.39. The first-order chi connectivity index (χ1) is 17.3. The lowest BCUT2D eigenvalue weighted by molar-refractivity contribution is -0.137. The first kappa shape index (κ1) is 25.8. The van der Waals surface area contributed by atoms with Crippen molar-refractivity contribution in [1.29, 1.82) is 0 Å². The minimum atomic E-state index is -4.51. The van der Waals surface area contributed by atoms with Crippen LogP contribution in [0, 0.1) is 0 Å². The predicted molar refractivity (Wildman–Crippen MR) is 132 cm³/mol. The molecule has 0 spiro atoms. The molecule has 2 saturated heterocycles. The van der Waals surface area contributed by atoms with Crippen LogP contribution >= 0.6 is 0 Å². The molecule has 0 atom stereocenters. The fourth-order valence-corrected chi connectivity index (χ4v) is 4.34. The third-order valence-electron chi connectivity index (χ3n) is 6.21. The van der Waals surface area contributed by atoms with Crippen LogP contribution in [0.15, 0.2) is 42.5 Å². The summed E-state index contributed by atoms with van der Waals surface area (Å²) in [6, 6.07) is 8.77. The zero-order chi connectivity index (χ0) is 25.5. The second kappa shape index (κ2) is 11.6. The van der Waals surface area contributed by atoms with Crippen LogP contribution in [0.25, 0.3) is 0 Å². The van der Waals surface area contributed by atoms with E-state index >= 15 is 0 Å². The number of ether oxygens (including phenoxy) is 1. The standard InChI is InChI=1S/C25H30F3N5O3/c26-25(27,28)18-4-3-5-19(16-18)30-24(35)31-20-6-7-22(33-9-1-2-10-33)21(17-20)23(34)29-8-11-32-12-14-36-15-13-32/h3-7,16-17H,1-2,8-15H2,(H,29,34)(H2,30,31,35). The van der Waals surface area contributed by atoms with Gasteiger partial charge in [-0.05, 0) is 49.2 Å². The fourth-order valence-electron chi connectivity index (χ4n) is 4.34. The first-order valence-electron chi connectivity index (χ1n) is 12.0. The number of nitrogens with zero attached hydrogens (tertiary/aromatic N) is 2. The number of anilines is 3. The Kier molecular flexibility index (Phi) is 8.32. The molecule has 2 aliphatic rings. The van der Waals surface area contributed by atoms with Gasteiger partial charge < -0.3 is 25.6 Å². The van der Waals surface area contributed by atoms with E-state index in [2.05, 4.69) is 25.8 Å². The maximum Gasteiger partial charge on any atom is 0.416 e. The normalized spacial score (nSPS) is 16.6. The van der Waals surface area contributed by atoms with Crippen LogP contribution in [0.1, 0.15) is 28.8 Å². The minimum Gasteiger partial charge on any atom is -0.379 e. The highest BCUT2D eigenvalue weighted by Crippen LogP contribution is 2.31. The summed E-state index contributed by atoms with van der Waals surface area (Å²) in [5.74, 6) is -0.243. The summed E-state index contributed by atoms with van der Waals surface area (Å²) in [6.07, 6.45) is -2.43.